The molecular weight excluding hydrogens is 284 g/mol. The molecule has 1 aliphatic rings. The first-order chi connectivity index (χ1) is 11.3. The zero-order valence-corrected chi connectivity index (χ0v) is 13.5. The second-order valence-corrected chi connectivity index (χ2v) is 5.99. The van der Waals surface area contributed by atoms with Gasteiger partial charge < -0.3 is 4.74 Å². The summed E-state index contributed by atoms with van der Waals surface area (Å²) in [4.78, 5) is 12.9. The number of esters is 1. The number of benzene rings is 2. The number of carbonyl (C=O) groups excluding carboxylic acids is 1. The van der Waals surface area contributed by atoms with Crippen LogP contribution in [-0.4, -0.2) is 12.6 Å². The van der Waals surface area contributed by atoms with Crippen molar-refractivity contribution in [2.45, 2.75) is 26.2 Å². The molecule has 2 aromatic rings. The number of ether oxygens (including phenoxy) is 1. The maximum atomic E-state index is 12.9. The number of hydrogen-bond acceptors (Lipinski definition) is 2. The van der Waals surface area contributed by atoms with E-state index in [0.717, 1.165) is 24.0 Å². The van der Waals surface area contributed by atoms with Crippen LogP contribution < -0.4 is 0 Å². The lowest BCUT2D eigenvalue weighted by atomic mass is 9.73. The second-order valence-electron chi connectivity index (χ2n) is 5.99. The highest BCUT2D eigenvalue weighted by molar-refractivity contribution is 5.95. The third-order valence-corrected chi connectivity index (χ3v) is 4.53. The molecule has 0 aliphatic heterocycles. The van der Waals surface area contributed by atoms with E-state index >= 15 is 0 Å². The van der Waals surface area contributed by atoms with Crippen LogP contribution in [0, 0.1) is 5.41 Å². The Morgan fingerprint density at radius 3 is 2.35 bits per heavy atom. The van der Waals surface area contributed by atoms with E-state index in [1.807, 2.05) is 43.3 Å². The molecule has 0 saturated heterocycles. The van der Waals surface area contributed by atoms with Gasteiger partial charge in [0.2, 0.25) is 0 Å². The largest absolute Gasteiger partial charge is 0.465 e. The van der Waals surface area contributed by atoms with Crippen molar-refractivity contribution >= 4 is 11.5 Å². The Kier molecular flexibility index (Phi) is 4.61. The van der Waals surface area contributed by atoms with Crippen molar-refractivity contribution in [2.75, 3.05) is 6.61 Å². The molecule has 23 heavy (non-hydrogen) atoms. The molecule has 1 atom stereocenters. The van der Waals surface area contributed by atoms with Gasteiger partial charge in [0.25, 0.3) is 0 Å². The molecule has 0 bridgehead atoms. The smallest absolute Gasteiger partial charge is 0.316 e. The van der Waals surface area contributed by atoms with Gasteiger partial charge in [0.15, 0.2) is 0 Å². The first kappa shape index (κ1) is 15.5. The molecule has 2 aromatic carbocycles. The summed E-state index contributed by atoms with van der Waals surface area (Å²) in [6.07, 6.45) is 4.61. The Morgan fingerprint density at radius 1 is 1.04 bits per heavy atom. The topological polar surface area (TPSA) is 26.3 Å². The van der Waals surface area contributed by atoms with Gasteiger partial charge in [0, 0.05) is 0 Å². The van der Waals surface area contributed by atoms with Gasteiger partial charge in [-0.2, -0.15) is 0 Å². The lowest BCUT2D eigenvalue weighted by Crippen LogP contribution is -2.34. The van der Waals surface area contributed by atoms with Crippen molar-refractivity contribution in [3.63, 3.8) is 0 Å². The van der Waals surface area contributed by atoms with E-state index in [1.54, 1.807) is 0 Å². The van der Waals surface area contributed by atoms with Crippen molar-refractivity contribution in [1.82, 2.24) is 0 Å². The Morgan fingerprint density at radius 2 is 1.70 bits per heavy atom. The van der Waals surface area contributed by atoms with E-state index in [1.165, 1.54) is 5.56 Å². The molecule has 2 heteroatoms. The molecule has 2 nitrogen and oxygen atoms in total. The lowest BCUT2D eigenvalue weighted by molar-refractivity contribution is -0.151. The first-order valence-corrected chi connectivity index (χ1v) is 8.23. The summed E-state index contributed by atoms with van der Waals surface area (Å²) in [5.41, 5.74) is 2.83. The number of rotatable bonds is 5. The molecule has 0 saturated carbocycles. The number of hydrogen-bond donors (Lipinski definition) is 0. The molecule has 1 unspecified atom stereocenters. The van der Waals surface area contributed by atoms with Crippen LogP contribution in [0.25, 0.3) is 5.57 Å². The minimum absolute atomic E-state index is 0.101. The Labute approximate surface area is 137 Å². The summed E-state index contributed by atoms with van der Waals surface area (Å²) in [5, 5.41) is 0. The van der Waals surface area contributed by atoms with E-state index in [-0.39, 0.29) is 5.97 Å². The monoisotopic (exact) mass is 306 g/mol. The Balaban J connectivity index is 2.02. The van der Waals surface area contributed by atoms with Gasteiger partial charge in [0.05, 0.1) is 12.0 Å². The lowest BCUT2D eigenvalue weighted by Gasteiger charge is -2.30. The summed E-state index contributed by atoms with van der Waals surface area (Å²) in [5.74, 6) is -0.101. The predicted octanol–water partition coefficient (Wildman–Crippen LogP) is 4.66. The van der Waals surface area contributed by atoms with Gasteiger partial charge in [-0.1, -0.05) is 66.7 Å². The normalized spacial score (nSPS) is 20.1. The number of allylic oxidation sites excluding steroid dienone is 1. The molecule has 0 aromatic heterocycles. The summed E-state index contributed by atoms with van der Waals surface area (Å²) in [6.45, 7) is 2.28. The van der Waals surface area contributed by atoms with Crippen molar-refractivity contribution in [3.8, 4) is 0 Å². The van der Waals surface area contributed by atoms with Crippen molar-refractivity contribution in [2.24, 2.45) is 5.41 Å². The van der Waals surface area contributed by atoms with Gasteiger partial charge in [-0.25, -0.2) is 0 Å². The third kappa shape index (κ3) is 3.07. The van der Waals surface area contributed by atoms with Crippen LogP contribution >= 0.6 is 0 Å². The molecule has 0 amide bonds. The van der Waals surface area contributed by atoms with E-state index in [0.29, 0.717) is 13.0 Å². The Hall–Kier alpha value is -2.35. The van der Waals surface area contributed by atoms with Crippen LogP contribution in [0.3, 0.4) is 0 Å². The van der Waals surface area contributed by atoms with E-state index in [4.69, 9.17) is 4.74 Å². The molecule has 0 N–H and O–H groups in total. The molecule has 0 fully saturated rings. The van der Waals surface area contributed by atoms with Gasteiger partial charge in [-0.15, -0.1) is 0 Å². The zero-order valence-electron chi connectivity index (χ0n) is 13.5. The first-order valence-electron chi connectivity index (χ1n) is 8.23. The molecule has 3 rings (SSSR count). The number of carbonyl (C=O) groups is 1. The quantitative estimate of drug-likeness (QED) is 0.751. The maximum absolute atomic E-state index is 12.9. The third-order valence-electron chi connectivity index (χ3n) is 4.53. The van der Waals surface area contributed by atoms with Gasteiger partial charge >= 0.3 is 5.97 Å². The molecular formula is C21H22O2. The summed E-state index contributed by atoms with van der Waals surface area (Å²) in [7, 11) is 0. The SMILES string of the molecule is CCOC(=O)C1(Cc2ccccc2)CCC=C1c1ccccc1. The highest BCUT2D eigenvalue weighted by Gasteiger charge is 2.46. The fourth-order valence-electron chi connectivity index (χ4n) is 3.49. The zero-order chi connectivity index (χ0) is 16.1. The van der Waals surface area contributed by atoms with Crippen molar-refractivity contribution < 1.29 is 9.53 Å². The minimum atomic E-state index is -0.571. The van der Waals surface area contributed by atoms with Crippen LogP contribution in [-0.2, 0) is 16.0 Å². The average molecular weight is 306 g/mol. The van der Waals surface area contributed by atoms with E-state index < -0.39 is 5.41 Å². The van der Waals surface area contributed by atoms with Gasteiger partial charge in [-0.3, -0.25) is 4.79 Å². The van der Waals surface area contributed by atoms with E-state index in [9.17, 15) is 4.79 Å². The van der Waals surface area contributed by atoms with Crippen LogP contribution in [0.15, 0.2) is 66.7 Å². The highest BCUT2D eigenvalue weighted by atomic mass is 16.5. The maximum Gasteiger partial charge on any atom is 0.316 e. The second kappa shape index (κ2) is 6.82. The summed E-state index contributed by atoms with van der Waals surface area (Å²) in [6, 6.07) is 20.4. The van der Waals surface area contributed by atoms with Crippen molar-refractivity contribution in [1.29, 1.82) is 0 Å². The van der Waals surface area contributed by atoms with Crippen LogP contribution in [0.5, 0.6) is 0 Å². The highest BCUT2D eigenvalue weighted by Crippen LogP contribution is 2.48. The standard InChI is InChI=1S/C21H22O2/c1-2-23-20(22)21(16-17-10-5-3-6-11-17)15-9-14-19(21)18-12-7-4-8-13-18/h3-8,10-14H,2,9,15-16H2,1H3. The molecule has 0 spiro atoms. The average Bonchev–Trinajstić information content (AvgIpc) is 3.02. The molecule has 0 heterocycles. The fourth-order valence-corrected chi connectivity index (χ4v) is 3.49. The van der Waals surface area contributed by atoms with Crippen molar-refractivity contribution in [3.05, 3.63) is 77.9 Å². The van der Waals surface area contributed by atoms with Gasteiger partial charge in [0.1, 0.15) is 0 Å². The molecule has 118 valence electrons. The van der Waals surface area contributed by atoms with Gasteiger partial charge in [-0.05, 0) is 42.9 Å². The Bertz CT molecular complexity index is 688. The fraction of sp³-hybridized carbons (Fsp3) is 0.286. The minimum Gasteiger partial charge on any atom is -0.465 e. The van der Waals surface area contributed by atoms with Crippen LogP contribution in [0.2, 0.25) is 0 Å². The van der Waals surface area contributed by atoms with Crippen LogP contribution in [0.4, 0.5) is 0 Å². The molecule has 0 radical (unpaired) electrons. The predicted molar refractivity (Wildman–Crippen MR) is 92.9 cm³/mol. The van der Waals surface area contributed by atoms with Crippen LogP contribution in [0.1, 0.15) is 30.9 Å². The van der Waals surface area contributed by atoms with E-state index in [2.05, 4.69) is 30.3 Å². The summed E-state index contributed by atoms with van der Waals surface area (Å²) < 4.78 is 5.47. The summed E-state index contributed by atoms with van der Waals surface area (Å²) >= 11 is 0. The molecule has 1 aliphatic carbocycles.